The molecule has 3 rings (SSSR count). The summed E-state index contributed by atoms with van der Waals surface area (Å²) in [5.74, 6) is -1.58. The molecule has 0 radical (unpaired) electrons. The van der Waals surface area contributed by atoms with Crippen LogP contribution in [0.5, 0.6) is 0 Å². The van der Waals surface area contributed by atoms with E-state index < -0.39 is 17.7 Å². The summed E-state index contributed by atoms with van der Waals surface area (Å²) < 4.78 is 0. The predicted molar refractivity (Wildman–Crippen MR) is 79.7 cm³/mol. The Morgan fingerprint density at radius 1 is 1.18 bits per heavy atom. The first-order chi connectivity index (χ1) is 10.6. The fourth-order valence-corrected chi connectivity index (χ4v) is 2.36. The quantitative estimate of drug-likeness (QED) is 0.878. The number of amides is 3. The van der Waals surface area contributed by atoms with Crippen LogP contribution in [-0.2, 0) is 4.79 Å². The molecule has 0 saturated carbocycles. The van der Waals surface area contributed by atoms with Crippen molar-refractivity contribution in [2.75, 3.05) is 11.9 Å². The van der Waals surface area contributed by atoms with E-state index in [1.165, 1.54) is 12.3 Å². The Morgan fingerprint density at radius 3 is 2.73 bits per heavy atom. The third-order valence-electron chi connectivity index (χ3n) is 3.14. The van der Waals surface area contributed by atoms with Gasteiger partial charge in [-0.05, 0) is 30.3 Å². The number of fused-ring (bicyclic) bond motifs is 1. The molecule has 0 atom stereocenters. The smallest absolute Gasteiger partial charge is 0.280 e. The summed E-state index contributed by atoms with van der Waals surface area (Å²) in [5, 5.41) is 3.06. The van der Waals surface area contributed by atoms with Gasteiger partial charge < -0.3 is 5.32 Å². The van der Waals surface area contributed by atoms with Crippen LogP contribution < -0.4 is 5.32 Å². The number of hydrogen-bond donors (Lipinski definition) is 1. The number of imide groups is 1. The minimum atomic E-state index is -0.568. The van der Waals surface area contributed by atoms with Crippen LogP contribution in [0, 0.1) is 0 Å². The molecule has 1 aromatic heterocycles. The van der Waals surface area contributed by atoms with Gasteiger partial charge in [0.2, 0.25) is 5.91 Å². The molecule has 0 saturated heterocycles. The van der Waals surface area contributed by atoms with Gasteiger partial charge in [0.1, 0.15) is 12.2 Å². The molecule has 110 valence electrons. The number of hydrogen-bond acceptors (Lipinski definition) is 4. The number of pyridine rings is 1. The standard InChI is InChI=1S/C15H10ClN3O3/c16-9-3-1-4-10(7-9)18-12(20)8-19-14(21)11-5-2-6-17-13(11)15(19)22/h1-7H,8H2,(H,18,20). The first-order valence-electron chi connectivity index (χ1n) is 6.43. The molecular formula is C15H10ClN3O3. The van der Waals surface area contributed by atoms with Gasteiger partial charge in [-0.25, -0.2) is 0 Å². The second-order valence-electron chi connectivity index (χ2n) is 4.65. The first-order valence-corrected chi connectivity index (χ1v) is 6.80. The lowest BCUT2D eigenvalue weighted by Crippen LogP contribution is -2.37. The van der Waals surface area contributed by atoms with Crippen LogP contribution in [0.2, 0.25) is 5.02 Å². The molecule has 1 N–H and O–H groups in total. The molecular weight excluding hydrogens is 306 g/mol. The molecule has 3 amide bonds. The lowest BCUT2D eigenvalue weighted by molar-refractivity contribution is -0.116. The monoisotopic (exact) mass is 315 g/mol. The highest BCUT2D eigenvalue weighted by Crippen LogP contribution is 2.20. The van der Waals surface area contributed by atoms with Crippen molar-refractivity contribution in [3.63, 3.8) is 0 Å². The van der Waals surface area contributed by atoms with E-state index in [1.54, 1.807) is 30.3 Å². The Morgan fingerprint density at radius 2 is 2.00 bits per heavy atom. The maximum absolute atomic E-state index is 12.1. The molecule has 1 aliphatic rings. The number of anilines is 1. The highest BCUT2D eigenvalue weighted by molar-refractivity contribution is 6.31. The second kappa shape index (κ2) is 5.57. The van der Waals surface area contributed by atoms with E-state index in [0.717, 1.165) is 4.90 Å². The van der Waals surface area contributed by atoms with Gasteiger partial charge >= 0.3 is 0 Å². The largest absolute Gasteiger partial charge is 0.324 e. The summed E-state index contributed by atoms with van der Waals surface area (Å²) in [6.45, 7) is -0.374. The van der Waals surface area contributed by atoms with Gasteiger partial charge in [-0.1, -0.05) is 17.7 Å². The molecule has 1 aromatic carbocycles. The Hall–Kier alpha value is -2.73. The minimum absolute atomic E-state index is 0.0723. The van der Waals surface area contributed by atoms with Crippen LogP contribution in [-0.4, -0.2) is 34.2 Å². The maximum Gasteiger partial charge on any atom is 0.280 e. The molecule has 0 aliphatic carbocycles. The Kier molecular flexibility index (Phi) is 3.60. The van der Waals surface area contributed by atoms with Gasteiger partial charge in [0.15, 0.2) is 0 Å². The van der Waals surface area contributed by atoms with Gasteiger partial charge in [-0.3, -0.25) is 24.3 Å². The van der Waals surface area contributed by atoms with Crippen LogP contribution in [0.1, 0.15) is 20.8 Å². The third kappa shape index (κ3) is 2.56. The Bertz CT molecular complexity index is 756. The van der Waals surface area contributed by atoms with Gasteiger partial charge in [0, 0.05) is 16.9 Å². The lowest BCUT2D eigenvalue weighted by Gasteiger charge is -2.13. The summed E-state index contributed by atoms with van der Waals surface area (Å²) in [6.07, 6.45) is 1.43. The Balaban J connectivity index is 1.73. The van der Waals surface area contributed by atoms with E-state index in [-0.39, 0.29) is 17.8 Å². The molecule has 2 heterocycles. The molecule has 0 spiro atoms. The number of carbonyl (C=O) groups is 3. The average molecular weight is 316 g/mol. The van der Waals surface area contributed by atoms with Crippen LogP contribution in [0.4, 0.5) is 5.69 Å². The van der Waals surface area contributed by atoms with Crippen molar-refractivity contribution in [2.45, 2.75) is 0 Å². The van der Waals surface area contributed by atoms with E-state index in [4.69, 9.17) is 11.6 Å². The summed E-state index contributed by atoms with van der Waals surface area (Å²) in [7, 11) is 0. The molecule has 0 fully saturated rings. The first kappa shape index (κ1) is 14.2. The second-order valence-corrected chi connectivity index (χ2v) is 5.09. The van der Waals surface area contributed by atoms with Crippen molar-refractivity contribution in [3.05, 3.63) is 58.9 Å². The number of rotatable bonds is 3. The van der Waals surface area contributed by atoms with Crippen LogP contribution in [0.3, 0.4) is 0 Å². The van der Waals surface area contributed by atoms with Gasteiger partial charge in [-0.15, -0.1) is 0 Å². The number of halogens is 1. The summed E-state index contributed by atoms with van der Waals surface area (Å²) in [4.78, 5) is 41.0. The fourth-order valence-electron chi connectivity index (χ4n) is 2.17. The van der Waals surface area contributed by atoms with Crippen molar-refractivity contribution >= 4 is 35.0 Å². The fraction of sp³-hybridized carbons (Fsp3) is 0.0667. The van der Waals surface area contributed by atoms with Crippen LogP contribution in [0.25, 0.3) is 0 Å². The van der Waals surface area contributed by atoms with E-state index in [1.807, 2.05) is 0 Å². The van der Waals surface area contributed by atoms with Crippen molar-refractivity contribution in [2.24, 2.45) is 0 Å². The molecule has 2 aromatic rings. The summed E-state index contributed by atoms with van der Waals surface area (Å²) in [6, 6.07) is 9.67. The highest BCUT2D eigenvalue weighted by atomic mass is 35.5. The molecule has 22 heavy (non-hydrogen) atoms. The number of benzene rings is 1. The van der Waals surface area contributed by atoms with Crippen molar-refractivity contribution in [1.29, 1.82) is 0 Å². The number of nitrogens with zero attached hydrogens (tertiary/aromatic N) is 2. The summed E-state index contributed by atoms with van der Waals surface area (Å²) in [5.41, 5.74) is 0.776. The van der Waals surface area contributed by atoms with E-state index >= 15 is 0 Å². The SMILES string of the molecule is O=C(CN1C(=O)c2cccnc2C1=O)Nc1cccc(Cl)c1. The lowest BCUT2D eigenvalue weighted by atomic mass is 10.2. The van der Waals surface area contributed by atoms with E-state index in [2.05, 4.69) is 10.3 Å². The molecule has 6 nitrogen and oxygen atoms in total. The molecule has 1 aliphatic heterocycles. The molecule has 7 heteroatoms. The normalized spacial score (nSPS) is 13.2. The zero-order valence-electron chi connectivity index (χ0n) is 11.2. The third-order valence-corrected chi connectivity index (χ3v) is 3.38. The number of carbonyl (C=O) groups excluding carboxylic acids is 3. The average Bonchev–Trinajstić information content (AvgIpc) is 2.73. The van der Waals surface area contributed by atoms with Gasteiger partial charge in [-0.2, -0.15) is 0 Å². The topological polar surface area (TPSA) is 79.4 Å². The van der Waals surface area contributed by atoms with Crippen molar-refractivity contribution < 1.29 is 14.4 Å². The maximum atomic E-state index is 12.1. The van der Waals surface area contributed by atoms with Crippen molar-refractivity contribution in [3.8, 4) is 0 Å². The van der Waals surface area contributed by atoms with Crippen molar-refractivity contribution in [1.82, 2.24) is 9.88 Å². The molecule has 0 bridgehead atoms. The minimum Gasteiger partial charge on any atom is -0.324 e. The number of aromatic nitrogens is 1. The predicted octanol–water partition coefficient (Wildman–Crippen LogP) is 1.97. The number of nitrogens with one attached hydrogen (secondary N) is 1. The highest BCUT2D eigenvalue weighted by Gasteiger charge is 2.37. The zero-order valence-corrected chi connectivity index (χ0v) is 12.0. The summed E-state index contributed by atoms with van der Waals surface area (Å²) >= 11 is 5.83. The zero-order chi connectivity index (χ0) is 15.7. The van der Waals surface area contributed by atoms with E-state index in [0.29, 0.717) is 10.7 Å². The van der Waals surface area contributed by atoms with Crippen LogP contribution in [0.15, 0.2) is 42.6 Å². The van der Waals surface area contributed by atoms with E-state index in [9.17, 15) is 14.4 Å². The molecule has 0 unspecified atom stereocenters. The van der Waals surface area contributed by atoms with Gasteiger partial charge in [0.25, 0.3) is 11.8 Å². The van der Waals surface area contributed by atoms with Crippen LogP contribution >= 0.6 is 11.6 Å². The van der Waals surface area contributed by atoms with Gasteiger partial charge in [0.05, 0.1) is 5.56 Å². The Labute approximate surface area is 130 Å².